The van der Waals surface area contributed by atoms with Gasteiger partial charge in [0.2, 0.25) is 10.9 Å². The number of benzene rings is 2. The van der Waals surface area contributed by atoms with Crippen molar-refractivity contribution in [2.45, 2.75) is 6.61 Å². The van der Waals surface area contributed by atoms with E-state index in [1.165, 1.54) is 12.1 Å². The Labute approximate surface area is 139 Å². The zero-order chi connectivity index (χ0) is 15.9. The minimum Gasteiger partial charge on any atom is -0.464 e. The van der Waals surface area contributed by atoms with E-state index in [2.05, 4.69) is 4.72 Å². The largest absolute Gasteiger partial charge is 0.464 e. The zero-order valence-electron chi connectivity index (χ0n) is 11.3. The fourth-order valence-corrected chi connectivity index (χ4v) is 2.64. The van der Waals surface area contributed by atoms with E-state index < -0.39 is 10.9 Å². The van der Waals surface area contributed by atoms with Crippen molar-refractivity contribution in [2.75, 3.05) is 11.5 Å². The van der Waals surface area contributed by atoms with E-state index in [4.69, 9.17) is 32.7 Å². The van der Waals surface area contributed by atoms with Gasteiger partial charge in [0.15, 0.2) is 12.5 Å². The van der Waals surface area contributed by atoms with Crippen molar-refractivity contribution in [1.29, 1.82) is 0 Å². The van der Waals surface area contributed by atoms with E-state index >= 15 is 0 Å². The molecule has 0 aliphatic carbocycles. The predicted octanol–water partition coefficient (Wildman–Crippen LogP) is 3.48. The van der Waals surface area contributed by atoms with Crippen molar-refractivity contribution in [3.05, 3.63) is 58.1 Å². The molecular weight excluding hydrogens is 349 g/mol. The van der Waals surface area contributed by atoms with Gasteiger partial charge in [-0.3, -0.25) is 4.72 Å². The maximum Gasteiger partial charge on any atom is 0.222 e. The number of hydrogen-bond donors (Lipinski definition) is 2. The predicted molar refractivity (Wildman–Crippen MR) is 87.1 cm³/mol. The molecule has 0 fully saturated rings. The summed E-state index contributed by atoms with van der Waals surface area (Å²) in [5.41, 5.74) is 1.28. The first-order valence-electron chi connectivity index (χ1n) is 6.21. The highest BCUT2D eigenvalue weighted by atomic mass is 35.5. The van der Waals surface area contributed by atoms with Gasteiger partial charge in [-0.15, -0.1) is 0 Å². The lowest BCUT2D eigenvalue weighted by Gasteiger charge is -2.11. The summed E-state index contributed by atoms with van der Waals surface area (Å²) in [4.78, 5) is 0. The highest BCUT2D eigenvalue weighted by Gasteiger charge is 2.10. The lowest BCUT2D eigenvalue weighted by atomic mass is 10.2. The Hall–Kier alpha value is -1.47. The highest BCUT2D eigenvalue weighted by molar-refractivity contribution is 7.73. The highest BCUT2D eigenvalue weighted by Crippen LogP contribution is 2.36. The first-order valence-corrected chi connectivity index (χ1v) is 8.14. The molecule has 0 spiro atoms. The first kappa shape index (κ1) is 16.9. The molecular formula is C14H13Cl2NO4S. The standard InChI is InChI=1S/C14H13Cl2NO4S/c15-12-6-11(17-22(18)19)7-13(16)14(12)21-9-20-8-10-4-2-1-3-5-10/h1-7,22H,8-9H2,(H,17,18,19). The lowest BCUT2D eigenvalue weighted by molar-refractivity contribution is 0.00516. The molecule has 2 rings (SSSR count). The van der Waals surface area contributed by atoms with Gasteiger partial charge >= 0.3 is 0 Å². The second-order valence-corrected chi connectivity index (χ2v) is 5.79. The Morgan fingerprint density at radius 3 is 2.27 bits per heavy atom. The second-order valence-electron chi connectivity index (χ2n) is 4.23. The van der Waals surface area contributed by atoms with Crippen LogP contribution in [0.25, 0.3) is 0 Å². The summed E-state index contributed by atoms with van der Waals surface area (Å²) in [6, 6.07) is 12.4. The van der Waals surface area contributed by atoms with Gasteiger partial charge in [0.25, 0.3) is 0 Å². The molecule has 0 amide bonds. The average Bonchev–Trinajstić information content (AvgIpc) is 2.46. The topological polar surface area (TPSA) is 64.6 Å². The van der Waals surface area contributed by atoms with Crippen LogP contribution < -0.4 is 9.46 Å². The quantitative estimate of drug-likeness (QED) is 0.450. The third-order valence-electron chi connectivity index (χ3n) is 2.62. The van der Waals surface area contributed by atoms with Crippen LogP contribution in [0.3, 0.4) is 0 Å². The van der Waals surface area contributed by atoms with Crippen LogP contribution in [-0.2, 0) is 22.2 Å². The molecule has 0 aromatic heterocycles. The van der Waals surface area contributed by atoms with Crippen molar-refractivity contribution >= 4 is 39.8 Å². The number of halogens is 2. The maximum atomic E-state index is 10.6. The number of nitrogens with one attached hydrogen (secondary N) is 1. The Morgan fingerprint density at radius 2 is 1.68 bits per heavy atom. The molecule has 118 valence electrons. The smallest absolute Gasteiger partial charge is 0.222 e. The molecule has 0 unspecified atom stereocenters. The van der Waals surface area contributed by atoms with Gasteiger partial charge in [-0.2, -0.15) is 0 Å². The molecule has 8 heteroatoms. The lowest BCUT2D eigenvalue weighted by Crippen LogP contribution is -2.04. The molecule has 1 N–H and O–H groups in total. The molecule has 0 bridgehead atoms. The molecule has 0 aliphatic heterocycles. The number of thiol groups is 1. The SMILES string of the molecule is O=[SH](=O)Nc1cc(Cl)c(OCOCc2ccccc2)c(Cl)c1. The summed E-state index contributed by atoms with van der Waals surface area (Å²) in [5, 5.41) is 0.380. The zero-order valence-corrected chi connectivity index (χ0v) is 13.7. The van der Waals surface area contributed by atoms with Gasteiger partial charge in [-0.1, -0.05) is 53.5 Å². The van der Waals surface area contributed by atoms with Crippen LogP contribution in [0, 0.1) is 0 Å². The number of hydrogen-bond acceptors (Lipinski definition) is 4. The Kier molecular flexibility index (Phi) is 6.33. The van der Waals surface area contributed by atoms with E-state index in [0.717, 1.165) is 5.56 Å². The summed E-state index contributed by atoms with van der Waals surface area (Å²) >= 11 is 12.0. The number of ether oxygens (including phenoxy) is 2. The van der Waals surface area contributed by atoms with Gasteiger partial charge in [0, 0.05) is 0 Å². The molecule has 0 saturated heterocycles. The van der Waals surface area contributed by atoms with Crippen molar-refractivity contribution in [2.24, 2.45) is 0 Å². The van der Waals surface area contributed by atoms with Crippen molar-refractivity contribution in [3.63, 3.8) is 0 Å². The molecule has 0 aliphatic rings. The molecule has 0 atom stereocenters. The van der Waals surface area contributed by atoms with Crippen molar-refractivity contribution in [3.8, 4) is 5.75 Å². The molecule has 0 saturated carbocycles. The Bertz CT molecular complexity index is 676. The van der Waals surface area contributed by atoms with Crippen molar-refractivity contribution < 1.29 is 17.9 Å². The normalized spacial score (nSPS) is 10.7. The molecule has 2 aromatic rings. The van der Waals surface area contributed by atoms with Gasteiger partial charge in [0.05, 0.1) is 22.3 Å². The Morgan fingerprint density at radius 1 is 1.05 bits per heavy atom. The molecule has 0 radical (unpaired) electrons. The van der Waals surface area contributed by atoms with Crippen LogP contribution in [0.4, 0.5) is 5.69 Å². The summed E-state index contributed by atoms with van der Waals surface area (Å²) < 4.78 is 34.2. The molecule has 5 nitrogen and oxygen atoms in total. The van der Waals surface area contributed by atoms with E-state index in [9.17, 15) is 8.42 Å². The summed E-state index contributed by atoms with van der Waals surface area (Å²) in [6.45, 7) is 0.364. The summed E-state index contributed by atoms with van der Waals surface area (Å²) in [7, 11) is -2.78. The maximum absolute atomic E-state index is 10.6. The summed E-state index contributed by atoms with van der Waals surface area (Å²) in [5.74, 6) is 0.239. The fraction of sp³-hybridized carbons (Fsp3) is 0.143. The van der Waals surface area contributed by atoms with Crippen molar-refractivity contribution in [1.82, 2.24) is 0 Å². The van der Waals surface area contributed by atoms with E-state index in [1.54, 1.807) is 0 Å². The fourth-order valence-electron chi connectivity index (χ4n) is 1.70. The number of anilines is 1. The molecule has 0 heterocycles. The van der Waals surface area contributed by atoms with E-state index in [-0.39, 0.29) is 28.3 Å². The number of rotatable bonds is 7. The van der Waals surface area contributed by atoms with Gasteiger partial charge in [-0.25, -0.2) is 8.42 Å². The minimum atomic E-state index is -2.78. The van der Waals surface area contributed by atoms with E-state index in [1.807, 2.05) is 30.3 Å². The van der Waals surface area contributed by atoms with Gasteiger partial charge in [-0.05, 0) is 17.7 Å². The van der Waals surface area contributed by atoms with E-state index in [0.29, 0.717) is 6.61 Å². The van der Waals surface area contributed by atoms with Crippen LogP contribution >= 0.6 is 23.2 Å². The van der Waals surface area contributed by atoms with Crippen LogP contribution in [-0.4, -0.2) is 15.2 Å². The third kappa shape index (κ3) is 5.06. The molecule has 22 heavy (non-hydrogen) atoms. The second kappa shape index (κ2) is 8.24. The van der Waals surface area contributed by atoms with Crippen LogP contribution in [0.1, 0.15) is 5.56 Å². The Balaban J connectivity index is 1.92. The van der Waals surface area contributed by atoms with Gasteiger partial charge in [0.1, 0.15) is 0 Å². The van der Waals surface area contributed by atoms with Gasteiger partial charge < -0.3 is 9.47 Å². The first-order chi connectivity index (χ1) is 10.6. The molecule has 2 aromatic carbocycles. The average molecular weight is 362 g/mol. The summed E-state index contributed by atoms with van der Waals surface area (Å²) in [6.07, 6.45) is 0. The monoisotopic (exact) mass is 361 g/mol. The van der Waals surface area contributed by atoms with Crippen LogP contribution in [0.5, 0.6) is 5.75 Å². The third-order valence-corrected chi connectivity index (χ3v) is 3.62. The van der Waals surface area contributed by atoms with Crippen LogP contribution in [0.15, 0.2) is 42.5 Å². The minimum absolute atomic E-state index is 0.0308. The van der Waals surface area contributed by atoms with Crippen LogP contribution in [0.2, 0.25) is 10.0 Å².